The molecule has 0 fully saturated rings. The Morgan fingerprint density at radius 3 is 2.28 bits per heavy atom. The van der Waals surface area contributed by atoms with E-state index >= 15 is 0 Å². The first-order valence-corrected chi connectivity index (χ1v) is 16.0. The third-order valence-electron chi connectivity index (χ3n) is 10.2. The number of aromatic nitrogens is 1. The van der Waals surface area contributed by atoms with Crippen LogP contribution in [0.1, 0.15) is 70.9 Å². The lowest BCUT2D eigenvalue weighted by molar-refractivity contribution is 0.849. The second-order valence-electron chi connectivity index (χ2n) is 12.5. The number of nitrogens with zero attached hydrogens (tertiary/aromatic N) is 1. The van der Waals surface area contributed by atoms with E-state index in [0.717, 1.165) is 38.5 Å². The molecule has 0 aliphatic heterocycles. The first kappa shape index (κ1) is 24.9. The molecule has 0 saturated carbocycles. The van der Waals surface area contributed by atoms with Crippen LogP contribution in [0, 0.1) is 0 Å². The summed E-state index contributed by atoms with van der Waals surface area (Å²) in [5.41, 5.74) is 12.8. The molecule has 0 radical (unpaired) electrons. The Morgan fingerprint density at radius 1 is 0.581 bits per heavy atom. The van der Waals surface area contributed by atoms with Crippen molar-refractivity contribution in [2.75, 3.05) is 0 Å². The molecular weight excluding hydrogens is 518 g/mol. The number of hydrogen-bond donors (Lipinski definition) is 0. The quantitative estimate of drug-likeness (QED) is 0.210. The first-order chi connectivity index (χ1) is 21.3. The summed E-state index contributed by atoms with van der Waals surface area (Å²) in [6, 6.07) is 27.0. The average molecular weight is 554 g/mol. The fraction of sp³-hybridized carbons (Fsp3) is 0.190. The van der Waals surface area contributed by atoms with Crippen molar-refractivity contribution in [3.05, 3.63) is 147 Å². The minimum absolute atomic E-state index is 0.351. The van der Waals surface area contributed by atoms with Gasteiger partial charge < -0.3 is 4.57 Å². The summed E-state index contributed by atoms with van der Waals surface area (Å²) < 4.78 is 2.51. The highest BCUT2D eigenvalue weighted by atomic mass is 15.0. The first-order valence-electron chi connectivity index (χ1n) is 16.0. The maximum Gasteiger partial charge on any atom is 0.0543 e. The van der Waals surface area contributed by atoms with Crippen LogP contribution < -0.4 is 10.4 Å². The normalized spacial score (nSPS) is 20.2. The molecule has 5 aromatic rings. The predicted molar refractivity (Wildman–Crippen MR) is 183 cm³/mol. The standard InChI is InChI=1S/C42H35N/c1-2-12-28(13-3-1)29-14-10-15-31(26-29)43-40-22-9-8-20-38(40)42-32(21-11-23-41(42)43)30-24-25-37-35-18-5-4-16-33(35)34-17-6-7-19-36(34)39(37)27-30/h1-3,5-6,8-13,15,17-18,20-23,25-27,29-30H,4,7,14,16,19,24H2. The zero-order valence-electron chi connectivity index (χ0n) is 24.5. The summed E-state index contributed by atoms with van der Waals surface area (Å²) in [5, 5.41) is 5.72. The molecule has 0 saturated heterocycles. The van der Waals surface area contributed by atoms with Gasteiger partial charge in [-0.25, -0.2) is 0 Å². The smallest absolute Gasteiger partial charge is 0.0543 e. The van der Waals surface area contributed by atoms with Crippen LogP contribution in [0.3, 0.4) is 0 Å². The van der Waals surface area contributed by atoms with E-state index in [4.69, 9.17) is 0 Å². The van der Waals surface area contributed by atoms with Gasteiger partial charge >= 0.3 is 0 Å². The van der Waals surface area contributed by atoms with Gasteiger partial charge in [-0.05, 0) is 101 Å². The lowest BCUT2D eigenvalue weighted by atomic mass is 9.79. The minimum atomic E-state index is 0.351. The van der Waals surface area contributed by atoms with Crippen molar-refractivity contribution in [2.45, 2.75) is 50.4 Å². The van der Waals surface area contributed by atoms with E-state index < -0.39 is 0 Å². The zero-order chi connectivity index (χ0) is 28.3. The van der Waals surface area contributed by atoms with Gasteiger partial charge in [0.1, 0.15) is 0 Å². The van der Waals surface area contributed by atoms with Gasteiger partial charge in [-0.2, -0.15) is 0 Å². The fourth-order valence-electron chi connectivity index (χ4n) is 8.25. The molecule has 9 rings (SSSR count). The second-order valence-corrected chi connectivity index (χ2v) is 12.5. The van der Waals surface area contributed by atoms with Crippen molar-refractivity contribution in [3.63, 3.8) is 0 Å². The SMILES string of the molecule is C1=Cc2c(c3c(c4c2=CCC(c2cccc5c2c2ccccc2n5C2=CC(c5ccccc5)CC=C2)C=4)CCC=C3)CC1. The maximum absolute atomic E-state index is 2.63. The number of benzene rings is 4. The molecule has 2 unspecified atom stereocenters. The Labute approximate surface area is 253 Å². The molecule has 43 heavy (non-hydrogen) atoms. The summed E-state index contributed by atoms with van der Waals surface area (Å²) in [4.78, 5) is 0. The van der Waals surface area contributed by atoms with E-state index in [2.05, 4.69) is 132 Å². The molecule has 1 heterocycles. The van der Waals surface area contributed by atoms with Gasteiger partial charge in [0.05, 0.1) is 11.0 Å². The van der Waals surface area contributed by atoms with Crippen molar-refractivity contribution in [3.8, 4) is 0 Å². The van der Waals surface area contributed by atoms with Gasteiger partial charge in [-0.15, -0.1) is 0 Å². The van der Waals surface area contributed by atoms with E-state index in [1.165, 1.54) is 60.2 Å². The van der Waals surface area contributed by atoms with Crippen molar-refractivity contribution in [1.29, 1.82) is 0 Å². The number of para-hydroxylation sites is 1. The Bertz CT molecular complexity index is 2180. The van der Waals surface area contributed by atoms with E-state index in [1.807, 2.05) is 0 Å². The van der Waals surface area contributed by atoms with E-state index in [1.54, 1.807) is 11.1 Å². The van der Waals surface area contributed by atoms with E-state index in [9.17, 15) is 0 Å². The molecule has 4 aliphatic rings. The maximum atomic E-state index is 2.63. The zero-order valence-corrected chi connectivity index (χ0v) is 24.5. The largest absolute Gasteiger partial charge is 0.310 e. The summed E-state index contributed by atoms with van der Waals surface area (Å²) in [7, 11) is 0. The Kier molecular flexibility index (Phi) is 5.79. The van der Waals surface area contributed by atoms with Crippen LogP contribution in [-0.2, 0) is 12.8 Å². The highest BCUT2D eigenvalue weighted by Crippen LogP contribution is 2.41. The molecule has 1 nitrogen and oxygen atoms in total. The van der Waals surface area contributed by atoms with Crippen molar-refractivity contribution in [2.24, 2.45) is 0 Å². The van der Waals surface area contributed by atoms with Crippen molar-refractivity contribution in [1.82, 2.24) is 4.57 Å². The third-order valence-corrected chi connectivity index (χ3v) is 10.2. The van der Waals surface area contributed by atoms with E-state index in [-0.39, 0.29) is 0 Å². The van der Waals surface area contributed by atoms with Gasteiger partial charge in [0.2, 0.25) is 0 Å². The van der Waals surface area contributed by atoms with Crippen molar-refractivity contribution >= 4 is 51.8 Å². The third kappa shape index (κ3) is 3.91. The van der Waals surface area contributed by atoms with Gasteiger partial charge in [-0.1, -0.05) is 109 Å². The number of rotatable bonds is 3. The topological polar surface area (TPSA) is 4.93 Å². The van der Waals surface area contributed by atoms with Crippen LogP contribution in [0.4, 0.5) is 0 Å². The highest BCUT2D eigenvalue weighted by Gasteiger charge is 2.24. The van der Waals surface area contributed by atoms with Crippen LogP contribution in [0.5, 0.6) is 0 Å². The van der Waals surface area contributed by atoms with Crippen LogP contribution in [0.25, 0.3) is 51.8 Å². The molecule has 0 amide bonds. The Morgan fingerprint density at radius 2 is 1.37 bits per heavy atom. The predicted octanol–water partition coefficient (Wildman–Crippen LogP) is 9.05. The average Bonchev–Trinajstić information content (AvgIpc) is 3.43. The monoisotopic (exact) mass is 553 g/mol. The summed E-state index contributed by atoms with van der Waals surface area (Å²) in [6.45, 7) is 0. The molecule has 0 bridgehead atoms. The summed E-state index contributed by atoms with van der Waals surface area (Å²) >= 11 is 0. The molecule has 4 aliphatic carbocycles. The van der Waals surface area contributed by atoms with Gasteiger partial charge in [0.25, 0.3) is 0 Å². The van der Waals surface area contributed by atoms with E-state index in [0.29, 0.717) is 11.8 Å². The minimum Gasteiger partial charge on any atom is -0.310 e. The van der Waals surface area contributed by atoms with Crippen LogP contribution in [0.2, 0.25) is 0 Å². The number of allylic oxidation sites excluding steroid dienone is 6. The Hall–Kier alpha value is -4.62. The van der Waals surface area contributed by atoms with Gasteiger partial charge in [-0.3, -0.25) is 0 Å². The molecule has 1 heteroatoms. The molecule has 4 aromatic carbocycles. The molecule has 0 spiro atoms. The van der Waals surface area contributed by atoms with Gasteiger partial charge in [0.15, 0.2) is 0 Å². The van der Waals surface area contributed by atoms with Crippen LogP contribution in [-0.4, -0.2) is 4.57 Å². The molecule has 1 aromatic heterocycles. The van der Waals surface area contributed by atoms with Crippen molar-refractivity contribution < 1.29 is 0 Å². The lowest BCUT2D eigenvalue weighted by Gasteiger charge is -2.25. The number of fused-ring (bicyclic) bond motifs is 9. The van der Waals surface area contributed by atoms with Crippen LogP contribution in [0.15, 0.2) is 103 Å². The number of hydrogen-bond acceptors (Lipinski definition) is 0. The van der Waals surface area contributed by atoms with Gasteiger partial charge in [0, 0.05) is 28.3 Å². The van der Waals surface area contributed by atoms with Crippen LogP contribution >= 0.6 is 0 Å². The molecule has 0 N–H and O–H groups in total. The molecule has 208 valence electrons. The summed E-state index contributed by atoms with van der Waals surface area (Å²) in [6.07, 6.45) is 28.6. The lowest BCUT2D eigenvalue weighted by Crippen LogP contribution is -2.37. The second kappa shape index (κ2) is 9.99. The summed E-state index contributed by atoms with van der Waals surface area (Å²) in [5.74, 6) is 0.739. The Balaban J connectivity index is 1.25. The molecule has 2 atom stereocenters. The highest BCUT2D eigenvalue weighted by molar-refractivity contribution is 6.12. The molecular formula is C42H35N. The fourth-order valence-corrected chi connectivity index (χ4v) is 8.25.